The Bertz CT molecular complexity index is 732. The third-order valence-electron chi connectivity index (χ3n) is 3.53. The molecule has 0 aliphatic heterocycles. The lowest BCUT2D eigenvalue weighted by atomic mass is 10.2. The van der Waals surface area contributed by atoms with Crippen molar-refractivity contribution in [2.45, 2.75) is 26.9 Å². The highest BCUT2D eigenvalue weighted by atomic mass is 16.5. The number of carbonyl (C=O) groups is 1. The van der Waals surface area contributed by atoms with Crippen LogP contribution in [0.4, 0.5) is 5.69 Å². The minimum Gasteiger partial charge on any atom is -0.497 e. The predicted molar refractivity (Wildman–Crippen MR) is 100 cm³/mol. The second-order valence-electron chi connectivity index (χ2n) is 5.46. The van der Waals surface area contributed by atoms with E-state index in [1.165, 1.54) is 0 Å². The van der Waals surface area contributed by atoms with E-state index in [-0.39, 0.29) is 5.91 Å². The highest BCUT2D eigenvalue weighted by Crippen LogP contribution is 2.30. The fourth-order valence-electron chi connectivity index (χ4n) is 2.30. The largest absolute Gasteiger partial charge is 0.497 e. The second-order valence-corrected chi connectivity index (χ2v) is 5.46. The summed E-state index contributed by atoms with van der Waals surface area (Å²) in [5.74, 6) is 2.21. The molecule has 2 rings (SSSR count). The highest BCUT2D eigenvalue weighted by Gasteiger charge is 2.16. The molecule has 2 aromatic rings. The Morgan fingerprint density at radius 2 is 1.69 bits per heavy atom. The zero-order valence-electron chi connectivity index (χ0n) is 15.6. The smallest absolute Gasteiger partial charge is 0.265 e. The lowest BCUT2D eigenvalue weighted by Gasteiger charge is -2.16. The molecule has 140 valence electrons. The van der Waals surface area contributed by atoms with Crippen molar-refractivity contribution in [3.63, 3.8) is 0 Å². The van der Waals surface area contributed by atoms with Gasteiger partial charge in [0.15, 0.2) is 17.6 Å². The van der Waals surface area contributed by atoms with Crippen LogP contribution in [0, 0.1) is 0 Å². The first kappa shape index (κ1) is 19.4. The number of amides is 1. The number of methoxy groups -OCH3 is 1. The lowest BCUT2D eigenvalue weighted by Crippen LogP contribution is -2.30. The summed E-state index contributed by atoms with van der Waals surface area (Å²) < 4.78 is 21.9. The van der Waals surface area contributed by atoms with Crippen LogP contribution in [0.1, 0.15) is 20.8 Å². The van der Waals surface area contributed by atoms with E-state index in [1.54, 1.807) is 50.4 Å². The van der Waals surface area contributed by atoms with Gasteiger partial charge in [0.2, 0.25) is 0 Å². The minimum absolute atomic E-state index is 0.264. The average Bonchev–Trinajstić information content (AvgIpc) is 2.64. The molecule has 1 atom stereocenters. The minimum atomic E-state index is -0.677. The molecule has 0 aromatic heterocycles. The Morgan fingerprint density at radius 1 is 1.00 bits per heavy atom. The summed E-state index contributed by atoms with van der Waals surface area (Å²) in [5, 5.41) is 2.83. The molecule has 1 amide bonds. The van der Waals surface area contributed by atoms with E-state index in [2.05, 4.69) is 5.32 Å². The molecular weight excluding hydrogens is 334 g/mol. The maximum absolute atomic E-state index is 12.4. The van der Waals surface area contributed by atoms with Crippen molar-refractivity contribution in [1.82, 2.24) is 0 Å². The van der Waals surface area contributed by atoms with Gasteiger partial charge in [-0.3, -0.25) is 4.79 Å². The van der Waals surface area contributed by atoms with Crippen LogP contribution in [-0.4, -0.2) is 32.3 Å². The summed E-state index contributed by atoms with van der Waals surface area (Å²) in [6.07, 6.45) is -0.677. The second kappa shape index (κ2) is 9.56. The van der Waals surface area contributed by atoms with Crippen molar-refractivity contribution in [3.05, 3.63) is 42.5 Å². The molecule has 0 heterocycles. The van der Waals surface area contributed by atoms with E-state index in [1.807, 2.05) is 19.9 Å². The van der Waals surface area contributed by atoms with Crippen molar-refractivity contribution in [3.8, 4) is 23.0 Å². The van der Waals surface area contributed by atoms with Crippen LogP contribution in [0.25, 0.3) is 0 Å². The van der Waals surface area contributed by atoms with Gasteiger partial charge in [0.1, 0.15) is 11.5 Å². The lowest BCUT2D eigenvalue weighted by molar-refractivity contribution is -0.122. The topological polar surface area (TPSA) is 66.0 Å². The van der Waals surface area contributed by atoms with Gasteiger partial charge in [-0.15, -0.1) is 0 Å². The highest BCUT2D eigenvalue weighted by molar-refractivity contribution is 5.94. The first-order valence-electron chi connectivity index (χ1n) is 8.58. The third kappa shape index (κ3) is 5.31. The summed E-state index contributed by atoms with van der Waals surface area (Å²) in [6, 6.07) is 12.4. The number of nitrogens with one attached hydrogen (secondary N) is 1. The molecule has 0 fully saturated rings. The van der Waals surface area contributed by atoms with Gasteiger partial charge in [0.05, 0.1) is 20.3 Å². The molecule has 0 saturated heterocycles. The summed E-state index contributed by atoms with van der Waals surface area (Å²) in [5.41, 5.74) is 0.614. The van der Waals surface area contributed by atoms with E-state index in [4.69, 9.17) is 18.9 Å². The Morgan fingerprint density at radius 3 is 2.38 bits per heavy atom. The maximum Gasteiger partial charge on any atom is 0.265 e. The standard InChI is InChI=1S/C20H25NO5/c1-5-24-18-11-10-15(12-19(18)25-6-2)21-20(22)14(3)26-17-9-7-8-16(13-17)23-4/h7-14H,5-6H2,1-4H3,(H,21,22). The molecule has 0 aliphatic carbocycles. The van der Waals surface area contributed by atoms with E-state index in [0.29, 0.717) is 41.9 Å². The quantitative estimate of drug-likeness (QED) is 0.736. The Kier molecular flexibility index (Phi) is 7.14. The normalized spacial score (nSPS) is 11.4. The van der Waals surface area contributed by atoms with Crippen LogP contribution in [-0.2, 0) is 4.79 Å². The van der Waals surface area contributed by atoms with Crippen LogP contribution < -0.4 is 24.3 Å². The van der Waals surface area contributed by atoms with Gasteiger partial charge in [-0.2, -0.15) is 0 Å². The molecule has 2 aromatic carbocycles. The molecule has 1 unspecified atom stereocenters. The van der Waals surface area contributed by atoms with Gasteiger partial charge in [-0.25, -0.2) is 0 Å². The van der Waals surface area contributed by atoms with Gasteiger partial charge in [0.25, 0.3) is 5.91 Å². The van der Waals surface area contributed by atoms with Crippen LogP contribution in [0.3, 0.4) is 0 Å². The maximum atomic E-state index is 12.4. The molecule has 6 nitrogen and oxygen atoms in total. The van der Waals surface area contributed by atoms with Crippen LogP contribution in [0.15, 0.2) is 42.5 Å². The molecule has 0 saturated carbocycles. The molecule has 26 heavy (non-hydrogen) atoms. The van der Waals surface area contributed by atoms with E-state index < -0.39 is 6.10 Å². The zero-order chi connectivity index (χ0) is 18.9. The molecule has 1 N–H and O–H groups in total. The number of hydrogen-bond donors (Lipinski definition) is 1. The first-order valence-corrected chi connectivity index (χ1v) is 8.58. The zero-order valence-corrected chi connectivity index (χ0v) is 15.6. The SMILES string of the molecule is CCOc1ccc(NC(=O)C(C)Oc2cccc(OC)c2)cc1OCC. The number of anilines is 1. The summed E-state index contributed by atoms with van der Waals surface area (Å²) in [7, 11) is 1.58. The number of carbonyl (C=O) groups excluding carboxylic acids is 1. The number of rotatable bonds is 9. The Hall–Kier alpha value is -2.89. The molecule has 0 spiro atoms. The van der Waals surface area contributed by atoms with E-state index >= 15 is 0 Å². The van der Waals surface area contributed by atoms with Crippen LogP contribution >= 0.6 is 0 Å². The fraction of sp³-hybridized carbons (Fsp3) is 0.350. The van der Waals surface area contributed by atoms with Gasteiger partial charge in [-0.1, -0.05) is 6.07 Å². The number of benzene rings is 2. The van der Waals surface area contributed by atoms with E-state index in [0.717, 1.165) is 0 Å². The van der Waals surface area contributed by atoms with Gasteiger partial charge in [0, 0.05) is 17.8 Å². The monoisotopic (exact) mass is 359 g/mol. The predicted octanol–water partition coefficient (Wildman–Crippen LogP) is 3.90. The van der Waals surface area contributed by atoms with Gasteiger partial charge < -0.3 is 24.3 Å². The molecule has 6 heteroatoms. The average molecular weight is 359 g/mol. The molecule has 0 bridgehead atoms. The Balaban J connectivity index is 2.04. The number of ether oxygens (including phenoxy) is 4. The van der Waals surface area contributed by atoms with Crippen molar-refractivity contribution in [2.24, 2.45) is 0 Å². The summed E-state index contributed by atoms with van der Waals surface area (Å²) in [6.45, 7) is 6.53. The number of hydrogen-bond acceptors (Lipinski definition) is 5. The summed E-state index contributed by atoms with van der Waals surface area (Å²) >= 11 is 0. The van der Waals surface area contributed by atoms with Crippen molar-refractivity contribution < 1.29 is 23.7 Å². The third-order valence-corrected chi connectivity index (χ3v) is 3.53. The Labute approximate surface area is 154 Å². The molecular formula is C20H25NO5. The van der Waals surface area contributed by atoms with E-state index in [9.17, 15) is 4.79 Å². The first-order chi connectivity index (χ1) is 12.6. The van der Waals surface area contributed by atoms with Crippen LogP contribution in [0.2, 0.25) is 0 Å². The van der Waals surface area contributed by atoms with Crippen LogP contribution in [0.5, 0.6) is 23.0 Å². The fourth-order valence-corrected chi connectivity index (χ4v) is 2.30. The molecule has 0 radical (unpaired) electrons. The van der Waals surface area contributed by atoms with Crippen molar-refractivity contribution in [1.29, 1.82) is 0 Å². The van der Waals surface area contributed by atoms with Crippen molar-refractivity contribution in [2.75, 3.05) is 25.6 Å². The van der Waals surface area contributed by atoms with Gasteiger partial charge >= 0.3 is 0 Å². The molecule has 0 aliphatic rings. The van der Waals surface area contributed by atoms with Gasteiger partial charge in [-0.05, 0) is 45.0 Å². The van der Waals surface area contributed by atoms with Crippen molar-refractivity contribution >= 4 is 11.6 Å². The summed E-state index contributed by atoms with van der Waals surface area (Å²) in [4.78, 5) is 12.4.